The molecule has 0 spiro atoms. The summed E-state index contributed by atoms with van der Waals surface area (Å²) in [6.07, 6.45) is 3.37. The maximum atomic E-state index is 14.5. The highest BCUT2D eigenvalue weighted by atomic mass is 19.1. The van der Waals surface area contributed by atoms with Crippen molar-refractivity contribution in [2.45, 2.75) is 26.9 Å². The molecule has 0 radical (unpaired) electrons. The molecule has 2 aromatic carbocycles. The number of halogens is 2. The van der Waals surface area contributed by atoms with Crippen LogP contribution in [0, 0.1) is 25.5 Å². The van der Waals surface area contributed by atoms with Crippen molar-refractivity contribution in [3.8, 4) is 5.69 Å². The molecule has 0 atom stereocenters. The molecule has 28 heavy (non-hydrogen) atoms. The lowest BCUT2D eigenvalue weighted by molar-refractivity contribution is 0.613. The highest BCUT2D eigenvalue weighted by Gasteiger charge is 2.08. The van der Waals surface area contributed by atoms with Crippen molar-refractivity contribution in [2.24, 2.45) is 4.99 Å². The van der Waals surface area contributed by atoms with Crippen LogP contribution in [-0.4, -0.2) is 22.6 Å². The van der Waals surface area contributed by atoms with Crippen molar-refractivity contribution < 1.29 is 8.78 Å². The van der Waals surface area contributed by atoms with Crippen LogP contribution in [0.4, 0.5) is 8.78 Å². The lowest BCUT2D eigenvalue weighted by atomic mass is 10.1. The molecule has 0 aliphatic rings. The Hall–Kier alpha value is -3.22. The molecule has 0 amide bonds. The van der Waals surface area contributed by atoms with Gasteiger partial charge in [-0.25, -0.2) is 13.8 Å². The Kier molecular flexibility index (Phi) is 6.03. The van der Waals surface area contributed by atoms with Crippen LogP contribution in [0.25, 0.3) is 5.69 Å². The minimum absolute atomic E-state index is 0.220. The number of nitrogens with zero attached hydrogens (tertiary/aromatic N) is 3. The second kappa shape index (κ2) is 8.65. The molecule has 3 rings (SSSR count). The Morgan fingerprint density at radius 2 is 1.68 bits per heavy atom. The van der Waals surface area contributed by atoms with E-state index in [2.05, 4.69) is 20.6 Å². The van der Waals surface area contributed by atoms with Crippen molar-refractivity contribution in [3.05, 3.63) is 82.9 Å². The van der Waals surface area contributed by atoms with Gasteiger partial charge < -0.3 is 15.2 Å². The van der Waals surface area contributed by atoms with E-state index in [1.165, 1.54) is 12.1 Å². The zero-order valence-electron chi connectivity index (χ0n) is 16.1. The van der Waals surface area contributed by atoms with E-state index >= 15 is 0 Å². The molecular formula is C21H23F2N5. The summed E-state index contributed by atoms with van der Waals surface area (Å²) in [6, 6.07) is 10.1. The van der Waals surface area contributed by atoms with Crippen LogP contribution in [0.3, 0.4) is 0 Å². The lowest BCUT2D eigenvalue weighted by Gasteiger charge is -2.13. The van der Waals surface area contributed by atoms with Crippen LogP contribution in [0.2, 0.25) is 0 Å². The van der Waals surface area contributed by atoms with E-state index in [0.717, 1.165) is 17.0 Å². The topological polar surface area (TPSA) is 54.2 Å². The summed E-state index contributed by atoms with van der Waals surface area (Å²) in [4.78, 5) is 8.29. The number of aromatic nitrogens is 2. The highest BCUT2D eigenvalue weighted by Crippen LogP contribution is 2.16. The number of aryl methyl sites for hydroxylation is 2. The van der Waals surface area contributed by atoms with Crippen molar-refractivity contribution in [2.75, 3.05) is 7.05 Å². The monoisotopic (exact) mass is 383 g/mol. The van der Waals surface area contributed by atoms with E-state index in [1.807, 2.05) is 13.0 Å². The number of nitrogens with one attached hydrogen (secondary N) is 2. The SMILES string of the molecule is CN=C(NCc1ccc(F)c(C)c1)NCc1ccc(-n2ccnc2C)c(F)c1. The van der Waals surface area contributed by atoms with Crippen LogP contribution in [0.5, 0.6) is 0 Å². The van der Waals surface area contributed by atoms with Gasteiger partial charge in [0.05, 0.1) is 5.69 Å². The minimum atomic E-state index is -0.315. The second-order valence-corrected chi connectivity index (χ2v) is 6.49. The molecule has 0 aliphatic carbocycles. The fourth-order valence-corrected chi connectivity index (χ4v) is 2.90. The van der Waals surface area contributed by atoms with Gasteiger partial charge >= 0.3 is 0 Å². The van der Waals surface area contributed by atoms with Crippen LogP contribution < -0.4 is 10.6 Å². The first-order valence-corrected chi connectivity index (χ1v) is 8.96. The third-order valence-corrected chi connectivity index (χ3v) is 4.46. The number of hydrogen-bond donors (Lipinski definition) is 2. The number of hydrogen-bond acceptors (Lipinski definition) is 2. The Morgan fingerprint density at radius 3 is 2.25 bits per heavy atom. The molecule has 1 aromatic heterocycles. The first kappa shape index (κ1) is 19.5. The molecule has 146 valence electrons. The maximum Gasteiger partial charge on any atom is 0.191 e. The molecule has 0 aliphatic heterocycles. The molecule has 0 bridgehead atoms. The second-order valence-electron chi connectivity index (χ2n) is 6.49. The van der Waals surface area contributed by atoms with Gasteiger partial charge in [-0.2, -0.15) is 0 Å². The van der Waals surface area contributed by atoms with Gasteiger partial charge in [0.2, 0.25) is 0 Å². The molecule has 3 aromatic rings. The van der Waals surface area contributed by atoms with E-state index < -0.39 is 0 Å². The van der Waals surface area contributed by atoms with Crippen LogP contribution >= 0.6 is 0 Å². The van der Waals surface area contributed by atoms with Gasteiger partial charge in [-0.1, -0.05) is 18.2 Å². The highest BCUT2D eigenvalue weighted by molar-refractivity contribution is 5.79. The summed E-state index contributed by atoms with van der Waals surface area (Å²) < 4.78 is 29.5. The predicted molar refractivity (Wildman–Crippen MR) is 106 cm³/mol. The smallest absolute Gasteiger partial charge is 0.191 e. The minimum Gasteiger partial charge on any atom is -0.352 e. The molecular weight excluding hydrogens is 360 g/mol. The van der Waals surface area contributed by atoms with Gasteiger partial charge in [0.15, 0.2) is 5.96 Å². The third-order valence-electron chi connectivity index (χ3n) is 4.46. The summed E-state index contributed by atoms with van der Waals surface area (Å²) in [5.41, 5.74) is 2.81. The quantitative estimate of drug-likeness (QED) is 0.523. The fourth-order valence-electron chi connectivity index (χ4n) is 2.90. The Morgan fingerprint density at radius 1 is 1.00 bits per heavy atom. The molecule has 0 fully saturated rings. The average Bonchev–Trinajstić information content (AvgIpc) is 3.10. The average molecular weight is 383 g/mol. The van der Waals surface area contributed by atoms with Gasteiger partial charge in [-0.15, -0.1) is 0 Å². The fraction of sp³-hybridized carbons (Fsp3) is 0.238. The molecule has 7 heteroatoms. The van der Waals surface area contributed by atoms with E-state index in [9.17, 15) is 8.78 Å². The van der Waals surface area contributed by atoms with E-state index in [-0.39, 0.29) is 11.6 Å². The van der Waals surface area contributed by atoms with E-state index in [4.69, 9.17) is 0 Å². The zero-order chi connectivity index (χ0) is 20.1. The van der Waals surface area contributed by atoms with Crippen LogP contribution in [0.15, 0.2) is 53.8 Å². The number of aliphatic imine (C=N–C) groups is 1. The number of imidazole rings is 1. The first-order chi connectivity index (χ1) is 13.5. The van der Waals surface area contributed by atoms with Gasteiger partial charge in [0.1, 0.15) is 17.5 Å². The van der Waals surface area contributed by atoms with Gasteiger partial charge in [0, 0.05) is 32.5 Å². The Balaban J connectivity index is 1.60. The number of guanidine groups is 1. The predicted octanol–water partition coefficient (Wildman–Crippen LogP) is 3.63. The summed E-state index contributed by atoms with van der Waals surface area (Å²) in [5.74, 6) is 0.773. The lowest BCUT2D eigenvalue weighted by Crippen LogP contribution is -2.36. The van der Waals surface area contributed by atoms with Crippen LogP contribution in [-0.2, 0) is 13.1 Å². The summed E-state index contributed by atoms with van der Waals surface area (Å²) in [7, 11) is 1.66. The van der Waals surface area contributed by atoms with Crippen molar-refractivity contribution in [1.82, 2.24) is 20.2 Å². The van der Waals surface area contributed by atoms with Gasteiger partial charge in [-0.05, 0) is 48.7 Å². The van der Waals surface area contributed by atoms with Gasteiger partial charge in [0.25, 0.3) is 0 Å². The molecule has 1 heterocycles. The molecule has 0 saturated heterocycles. The largest absolute Gasteiger partial charge is 0.352 e. The standard InChI is InChI=1S/C21H23F2N5/c1-14-10-16(4-6-18(14)22)12-26-21(24-3)27-13-17-5-7-20(19(23)11-17)28-9-8-25-15(28)2/h4-11H,12-13H2,1-3H3,(H2,24,26,27). The Bertz CT molecular complexity index is 994. The zero-order valence-corrected chi connectivity index (χ0v) is 16.1. The molecule has 5 nitrogen and oxygen atoms in total. The summed E-state index contributed by atoms with van der Waals surface area (Å²) >= 11 is 0. The van der Waals surface area contributed by atoms with Crippen molar-refractivity contribution in [3.63, 3.8) is 0 Å². The van der Waals surface area contributed by atoms with Gasteiger partial charge in [-0.3, -0.25) is 4.99 Å². The molecule has 0 saturated carbocycles. The van der Waals surface area contributed by atoms with Crippen molar-refractivity contribution in [1.29, 1.82) is 0 Å². The van der Waals surface area contributed by atoms with Crippen LogP contribution in [0.1, 0.15) is 22.5 Å². The summed E-state index contributed by atoms with van der Waals surface area (Å²) in [6.45, 7) is 4.48. The first-order valence-electron chi connectivity index (χ1n) is 8.96. The number of benzene rings is 2. The normalized spacial score (nSPS) is 11.5. The maximum absolute atomic E-state index is 14.5. The van der Waals surface area contributed by atoms with E-state index in [1.54, 1.807) is 49.1 Å². The van der Waals surface area contributed by atoms with E-state index in [0.29, 0.717) is 30.3 Å². The summed E-state index contributed by atoms with van der Waals surface area (Å²) in [5, 5.41) is 6.32. The molecule has 0 unspecified atom stereocenters. The van der Waals surface area contributed by atoms with Crippen molar-refractivity contribution >= 4 is 5.96 Å². The third kappa shape index (κ3) is 4.54. The Labute approximate surface area is 163 Å². The number of rotatable bonds is 5. The molecule has 2 N–H and O–H groups in total.